The number of nitrogens with two attached hydrogens (primary N) is 1. The van der Waals surface area contributed by atoms with Crippen LogP contribution in [0.15, 0.2) is 39.9 Å². The van der Waals surface area contributed by atoms with E-state index in [2.05, 4.69) is 0 Å². The lowest BCUT2D eigenvalue weighted by molar-refractivity contribution is 0.0860. The van der Waals surface area contributed by atoms with Crippen LogP contribution in [-0.4, -0.2) is 32.9 Å². The number of Topliss-reactive ketones (excluding diaryl/α,β-unsaturated/α-hetero) is 1. The van der Waals surface area contributed by atoms with Crippen LogP contribution >= 0.6 is 0 Å². The van der Waals surface area contributed by atoms with Gasteiger partial charge in [0.25, 0.3) is 5.56 Å². The van der Waals surface area contributed by atoms with Gasteiger partial charge in [-0.05, 0) is 19.5 Å². The van der Waals surface area contributed by atoms with Crippen molar-refractivity contribution in [2.75, 3.05) is 12.8 Å². The molecular weight excluding hydrogens is 308 g/mol. The number of aromatic nitrogens is 2. The zero-order valence-electron chi connectivity index (χ0n) is 14.3. The van der Waals surface area contributed by atoms with E-state index in [0.717, 1.165) is 14.7 Å². The zero-order chi connectivity index (χ0) is 18.0. The smallest absolute Gasteiger partial charge is 0.332 e. The van der Waals surface area contributed by atoms with Crippen LogP contribution in [0.5, 0.6) is 0 Å². The summed E-state index contributed by atoms with van der Waals surface area (Å²) >= 11 is 0. The summed E-state index contributed by atoms with van der Waals surface area (Å²) in [7, 11) is 4.57. The molecule has 0 aliphatic carbocycles. The number of hydrogen-bond acceptors (Lipinski definition) is 5. The van der Waals surface area contributed by atoms with E-state index in [1.165, 1.54) is 14.1 Å². The first-order chi connectivity index (χ1) is 11.3. The van der Waals surface area contributed by atoms with E-state index in [4.69, 9.17) is 5.73 Å². The molecule has 0 aliphatic rings. The minimum Gasteiger partial charge on any atom is -0.384 e. The van der Waals surface area contributed by atoms with Gasteiger partial charge in [0.05, 0.1) is 6.04 Å². The van der Waals surface area contributed by atoms with Crippen molar-refractivity contribution in [1.82, 2.24) is 14.0 Å². The fraction of sp³-hybridized carbons (Fsp3) is 0.353. The van der Waals surface area contributed by atoms with E-state index in [-0.39, 0.29) is 11.4 Å². The number of nitrogen functional groups attached to an aromatic ring is 1. The third-order valence-corrected chi connectivity index (χ3v) is 4.27. The summed E-state index contributed by atoms with van der Waals surface area (Å²) in [5.41, 5.74) is 5.54. The Morgan fingerprint density at radius 1 is 1.17 bits per heavy atom. The van der Waals surface area contributed by atoms with E-state index in [0.29, 0.717) is 6.54 Å². The highest BCUT2D eigenvalue weighted by Gasteiger charge is 2.27. The van der Waals surface area contributed by atoms with Gasteiger partial charge in [-0.15, -0.1) is 0 Å². The predicted molar refractivity (Wildman–Crippen MR) is 93.0 cm³/mol. The first-order valence-corrected chi connectivity index (χ1v) is 7.59. The van der Waals surface area contributed by atoms with Gasteiger partial charge in [0.1, 0.15) is 11.4 Å². The van der Waals surface area contributed by atoms with Gasteiger partial charge in [-0.3, -0.25) is 23.6 Å². The van der Waals surface area contributed by atoms with Crippen molar-refractivity contribution in [2.24, 2.45) is 14.1 Å². The zero-order valence-corrected chi connectivity index (χ0v) is 14.3. The molecule has 2 N–H and O–H groups in total. The lowest BCUT2D eigenvalue weighted by atomic mass is 10.1. The van der Waals surface area contributed by atoms with E-state index < -0.39 is 23.1 Å². The maximum absolute atomic E-state index is 12.8. The van der Waals surface area contributed by atoms with Crippen LogP contribution in [-0.2, 0) is 20.6 Å². The SMILES string of the molecule is CC(C(=O)c1c(N)n(C)c(=O)n(C)c1=O)N(C)Cc1ccccc1. The molecule has 2 aromatic rings. The van der Waals surface area contributed by atoms with Crippen molar-refractivity contribution in [1.29, 1.82) is 0 Å². The van der Waals surface area contributed by atoms with Gasteiger partial charge < -0.3 is 5.73 Å². The molecule has 0 aliphatic heterocycles. The number of nitrogens with zero attached hydrogens (tertiary/aromatic N) is 3. The van der Waals surface area contributed by atoms with E-state index >= 15 is 0 Å². The molecule has 1 atom stereocenters. The Hall–Kier alpha value is -2.67. The van der Waals surface area contributed by atoms with Crippen molar-refractivity contribution >= 4 is 11.6 Å². The standard InChI is InChI=1S/C17H22N4O3/c1-11(19(2)10-12-8-6-5-7-9-12)14(22)13-15(18)20(3)17(24)21(4)16(13)23/h5-9,11H,10,18H2,1-4H3. The Labute approximate surface area is 139 Å². The van der Waals surface area contributed by atoms with Crippen LogP contribution < -0.4 is 17.0 Å². The maximum atomic E-state index is 12.8. The van der Waals surface area contributed by atoms with Crippen molar-refractivity contribution in [3.8, 4) is 0 Å². The molecule has 0 saturated carbocycles. The molecule has 0 fully saturated rings. The molecule has 1 aromatic heterocycles. The fourth-order valence-electron chi connectivity index (χ4n) is 2.51. The van der Waals surface area contributed by atoms with Crippen molar-refractivity contribution in [2.45, 2.75) is 19.5 Å². The van der Waals surface area contributed by atoms with Gasteiger partial charge in [-0.1, -0.05) is 30.3 Å². The number of carbonyl (C=O) groups is 1. The van der Waals surface area contributed by atoms with Crippen molar-refractivity contribution < 1.29 is 4.79 Å². The molecule has 0 radical (unpaired) electrons. The molecule has 1 aromatic carbocycles. The third kappa shape index (κ3) is 3.16. The quantitative estimate of drug-likeness (QED) is 0.800. The van der Waals surface area contributed by atoms with Crippen LogP contribution in [0.25, 0.3) is 0 Å². The Bertz CT molecular complexity index is 868. The van der Waals surface area contributed by atoms with E-state index in [1.54, 1.807) is 14.0 Å². The lowest BCUT2D eigenvalue weighted by Gasteiger charge is -2.24. The highest BCUT2D eigenvalue weighted by atomic mass is 16.2. The molecule has 128 valence electrons. The molecular formula is C17H22N4O3. The second-order valence-corrected chi connectivity index (χ2v) is 5.91. The molecule has 24 heavy (non-hydrogen) atoms. The number of anilines is 1. The lowest BCUT2D eigenvalue weighted by Crippen LogP contribution is -2.45. The molecule has 0 amide bonds. The number of likely N-dealkylation sites (N-methyl/N-ethyl adjacent to an activating group) is 1. The van der Waals surface area contributed by atoms with Gasteiger partial charge in [-0.2, -0.15) is 0 Å². The van der Waals surface area contributed by atoms with Crippen molar-refractivity contribution in [3.05, 3.63) is 62.3 Å². The third-order valence-electron chi connectivity index (χ3n) is 4.27. The fourth-order valence-corrected chi connectivity index (χ4v) is 2.51. The second kappa shape index (κ2) is 6.84. The van der Waals surface area contributed by atoms with Gasteiger partial charge in [-0.25, -0.2) is 4.79 Å². The summed E-state index contributed by atoms with van der Waals surface area (Å²) in [6, 6.07) is 9.15. The van der Waals surface area contributed by atoms with E-state index in [9.17, 15) is 14.4 Å². The predicted octanol–water partition coefficient (Wildman–Crippen LogP) is 0.369. The van der Waals surface area contributed by atoms with Crippen LogP contribution in [0.2, 0.25) is 0 Å². The minimum absolute atomic E-state index is 0.104. The number of benzene rings is 1. The molecule has 0 bridgehead atoms. The summed E-state index contributed by atoms with van der Waals surface area (Å²) < 4.78 is 2.01. The highest BCUT2D eigenvalue weighted by Crippen LogP contribution is 2.12. The van der Waals surface area contributed by atoms with Crippen LogP contribution in [0.1, 0.15) is 22.8 Å². The van der Waals surface area contributed by atoms with Gasteiger partial charge >= 0.3 is 5.69 Å². The molecule has 0 saturated heterocycles. The summed E-state index contributed by atoms with van der Waals surface area (Å²) in [6.45, 7) is 2.27. The molecule has 7 heteroatoms. The van der Waals surface area contributed by atoms with Crippen molar-refractivity contribution in [3.63, 3.8) is 0 Å². The summed E-state index contributed by atoms with van der Waals surface area (Å²) in [5, 5.41) is 0. The topological polar surface area (TPSA) is 90.3 Å². The molecule has 7 nitrogen and oxygen atoms in total. The normalized spacial score (nSPS) is 12.4. The van der Waals surface area contributed by atoms with Gasteiger partial charge in [0.2, 0.25) is 0 Å². The first kappa shape index (κ1) is 17.7. The van der Waals surface area contributed by atoms with Crippen LogP contribution in [0, 0.1) is 0 Å². The number of ketones is 1. The molecule has 1 heterocycles. The Morgan fingerprint density at radius 2 is 1.75 bits per heavy atom. The minimum atomic E-state index is -0.666. The Morgan fingerprint density at radius 3 is 2.33 bits per heavy atom. The summed E-state index contributed by atoms with van der Waals surface area (Å²) in [5.74, 6) is -0.504. The first-order valence-electron chi connectivity index (χ1n) is 7.59. The number of hydrogen-bond donors (Lipinski definition) is 1. The Balaban J connectivity index is 2.35. The number of carbonyl (C=O) groups excluding carboxylic acids is 1. The number of rotatable bonds is 5. The van der Waals surface area contributed by atoms with Gasteiger partial charge in [0, 0.05) is 20.6 Å². The molecule has 1 unspecified atom stereocenters. The summed E-state index contributed by atoms with van der Waals surface area (Å²) in [6.07, 6.45) is 0. The average Bonchev–Trinajstić information content (AvgIpc) is 2.58. The molecule has 2 rings (SSSR count). The molecule has 0 spiro atoms. The largest absolute Gasteiger partial charge is 0.384 e. The van der Waals surface area contributed by atoms with Crippen LogP contribution in [0.3, 0.4) is 0 Å². The van der Waals surface area contributed by atoms with Gasteiger partial charge in [0.15, 0.2) is 5.78 Å². The van der Waals surface area contributed by atoms with E-state index in [1.807, 2.05) is 35.2 Å². The maximum Gasteiger partial charge on any atom is 0.332 e. The summed E-state index contributed by atoms with van der Waals surface area (Å²) in [4.78, 5) is 38.8. The highest BCUT2D eigenvalue weighted by molar-refractivity contribution is 6.03. The second-order valence-electron chi connectivity index (χ2n) is 5.91. The monoisotopic (exact) mass is 330 g/mol. The Kier molecular flexibility index (Phi) is 5.04. The van der Waals surface area contributed by atoms with Crippen LogP contribution in [0.4, 0.5) is 5.82 Å². The average molecular weight is 330 g/mol.